The minimum Gasteiger partial charge on any atom is -0.497 e. The van der Waals surface area contributed by atoms with Crippen LogP contribution in [-0.4, -0.2) is 24.2 Å². The van der Waals surface area contributed by atoms with Gasteiger partial charge < -0.3 is 15.0 Å². The molecule has 0 atom stereocenters. The second-order valence-corrected chi connectivity index (χ2v) is 7.50. The van der Waals surface area contributed by atoms with Crippen LogP contribution >= 0.6 is 12.2 Å². The van der Waals surface area contributed by atoms with Gasteiger partial charge in [0.1, 0.15) is 5.75 Å². The van der Waals surface area contributed by atoms with Gasteiger partial charge >= 0.3 is 0 Å². The van der Waals surface area contributed by atoms with Crippen LogP contribution in [0.5, 0.6) is 5.75 Å². The zero-order chi connectivity index (χ0) is 19.4. The number of rotatable bonds is 5. The predicted octanol–water partition coefficient (Wildman–Crippen LogP) is 5.80. The third-order valence-electron chi connectivity index (χ3n) is 4.71. The number of methoxy groups -OCH3 is 1. The molecule has 3 rings (SSSR count). The van der Waals surface area contributed by atoms with Crippen LogP contribution in [0.4, 0.5) is 5.69 Å². The molecule has 3 aromatic rings. The standard InChI is InChI=1S/C23H26N2OS/c1-16(2)18-7-10-21(11-8-18)24-23(27)25(3)15-17-5-6-20-14-22(26-4)12-9-19(20)13-17/h5-14,16H,15H2,1-4H3,(H,24,27). The van der Waals surface area contributed by atoms with Crippen molar-refractivity contribution in [1.82, 2.24) is 4.90 Å². The number of nitrogens with one attached hydrogen (secondary N) is 1. The normalized spacial score (nSPS) is 10.9. The zero-order valence-corrected chi connectivity index (χ0v) is 17.1. The van der Waals surface area contributed by atoms with Crippen LogP contribution in [-0.2, 0) is 6.54 Å². The highest BCUT2D eigenvalue weighted by Crippen LogP contribution is 2.22. The van der Waals surface area contributed by atoms with Crippen LogP contribution in [0, 0.1) is 0 Å². The number of hydrogen-bond acceptors (Lipinski definition) is 2. The molecule has 3 nitrogen and oxygen atoms in total. The molecule has 0 amide bonds. The number of nitrogens with zero attached hydrogens (tertiary/aromatic N) is 1. The Balaban J connectivity index is 1.66. The first kappa shape index (κ1) is 19.2. The van der Waals surface area contributed by atoms with E-state index >= 15 is 0 Å². The fraction of sp³-hybridized carbons (Fsp3) is 0.261. The lowest BCUT2D eigenvalue weighted by Crippen LogP contribution is -2.30. The highest BCUT2D eigenvalue weighted by Gasteiger charge is 2.07. The molecule has 0 saturated carbocycles. The third kappa shape index (κ3) is 4.77. The van der Waals surface area contributed by atoms with Crippen LogP contribution in [0.25, 0.3) is 10.8 Å². The van der Waals surface area contributed by atoms with Gasteiger partial charge in [0.05, 0.1) is 7.11 Å². The fourth-order valence-corrected chi connectivity index (χ4v) is 3.20. The molecule has 1 N–H and O–H groups in total. The summed E-state index contributed by atoms with van der Waals surface area (Å²) in [5.74, 6) is 1.41. The average molecular weight is 379 g/mol. The summed E-state index contributed by atoms with van der Waals surface area (Å²) in [4.78, 5) is 2.05. The molecule has 0 heterocycles. The Morgan fingerprint density at radius 2 is 1.67 bits per heavy atom. The molecule has 0 bridgehead atoms. The van der Waals surface area contributed by atoms with E-state index in [0.29, 0.717) is 11.0 Å². The monoisotopic (exact) mass is 378 g/mol. The lowest BCUT2D eigenvalue weighted by molar-refractivity contribution is 0.415. The van der Waals surface area contributed by atoms with E-state index in [9.17, 15) is 0 Å². The maximum absolute atomic E-state index is 5.57. The molecule has 0 saturated heterocycles. The van der Waals surface area contributed by atoms with Gasteiger partial charge in [-0.15, -0.1) is 0 Å². The lowest BCUT2D eigenvalue weighted by Gasteiger charge is -2.21. The topological polar surface area (TPSA) is 24.5 Å². The molecule has 0 aliphatic heterocycles. The summed E-state index contributed by atoms with van der Waals surface area (Å²) >= 11 is 5.57. The summed E-state index contributed by atoms with van der Waals surface area (Å²) in [7, 11) is 3.70. The molecule has 0 aromatic heterocycles. The fourth-order valence-electron chi connectivity index (χ4n) is 3.01. The number of anilines is 1. The van der Waals surface area contributed by atoms with Gasteiger partial charge in [-0.3, -0.25) is 0 Å². The van der Waals surface area contributed by atoms with Crippen molar-refractivity contribution in [2.24, 2.45) is 0 Å². The summed E-state index contributed by atoms with van der Waals surface area (Å²) in [6, 6.07) is 21.0. The minimum absolute atomic E-state index is 0.529. The number of hydrogen-bond donors (Lipinski definition) is 1. The lowest BCUT2D eigenvalue weighted by atomic mass is 10.0. The SMILES string of the molecule is COc1ccc2cc(CN(C)C(=S)Nc3ccc(C(C)C)cc3)ccc2c1. The van der Waals surface area contributed by atoms with E-state index in [2.05, 4.69) is 78.7 Å². The van der Waals surface area contributed by atoms with Crippen molar-refractivity contribution in [2.45, 2.75) is 26.3 Å². The molecule has 0 fully saturated rings. The summed E-state index contributed by atoms with van der Waals surface area (Å²) in [5.41, 5.74) is 3.56. The van der Waals surface area contributed by atoms with Crippen molar-refractivity contribution >= 4 is 33.8 Å². The van der Waals surface area contributed by atoms with Crippen LogP contribution in [0.1, 0.15) is 30.9 Å². The van der Waals surface area contributed by atoms with Crippen LogP contribution in [0.2, 0.25) is 0 Å². The van der Waals surface area contributed by atoms with Crippen LogP contribution < -0.4 is 10.1 Å². The zero-order valence-electron chi connectivity index (χ0n) is 16.3. The van der Waals surface area contributed by atoms with E-state index in [1.54, 1.807) is 7.11 Å². The molecule has 0 aliphatic carbocycles. The summed E-state index contributed by atoms with van der Waals surface area (Å²) in [6.07, 6.45) is 0. The summed E-state index contributed by atoms with van der Waals surface area (Å²) in [5, 5.41) is 6.40. The number of thiocarbonyl (C=S) groups is 1. The smallest absolute Gasteiger partial charge is 0.173 e. The number of ether oxygens (including phenoxy) is 1. The van der Waals surface area contributed by atoms with E-state index in [1.807, 2.05) is 13.1 Å². The van der Waals surface area contributed by atoms with Crippen LogP contribution in [0.15, 0.2) is 60.7 Å². The van der Waals surface area contributed by atoms with Gasteiger partial charge in [0.15, 0.2) is 5.11 Å². The Kier molecular flexibility index (Phi) is 5.97. The summed E-state index contributed by atoms with van der Waals surface area (Å²) < 4.78 is 5.29. The first-order valence-corrected chi connectivity index (χ1v) is 9.56. The van der Waals surface area contributed by atoms with Crippen molar-refractivity contribution < 1.29 is 4.74 Å². The Labute approximate surface area is 167 Å². The van der Waals surface area contributed by atoms with E-state index in [4.69, 9.17) is 17.0 Å². The van der Waals surface area contributed by atoms with E-state index < -0.39 is 0 Å². The van der Waals surface area contributed by atoms with Gasteiger partial charge in [0.25, 0.3) is 0 Å². The highest BCUT2D eigenvalue weighted by atomic mass is 32.1. The van der Waals surface area contributed by atoms with Crippen molar-refractivity contribution in [2.75, 3.05) is 19.5 Å². The van der Waals surface area contributed by atoms with E-state index in [0.717, 1.165) is 18.0 Å². The molecule has 140 valence electrons. The maximum Gasteiger partial charge on any atom is 0.173 e. The Hall–Kier alpha value is -2.59. The molecular formula is C23H26N2OS. The largest absolute Gasteiger partial charge is 0.497 e. The average Bonchev–Trinajstić information content (AvgIpc) is 2.67. The Morgan fingerprint density at radius 1 is 1.00 bits per heavy atom. The molecule has 3 aromatic carbocycles. The van der Waals surface area contributed by atoms with Gasteiger partial charge in [-0.05, 0) is 70.4 Å². The van der Waals surface area contributed by atoms with Gasteiger partial charge in [0.2, 0.25) is 0 Å². The van der Waals surface area contributed by atoms with Crippen molar-refractivity contribution in [3.8, 4) is 5.75 Å². The first-order chi connectivity index (χ1) is 13.0. The third-order valence-corrected chi connectivity index (χ3v) is 5.12. The van der Waals surface area contributed by atoms with Gasteiger partial charge in [-0.25, -0.2) is 0 Å². The van der Waals surface area contributed by atoms with Gasteiger partial charge in [-0.2, -0.15) is 0 Å². The second kappa shape index (κ2) is 8.40. The molecule has 0 spiro atoms. The highest BCUT2D eigenvalue weighted by molar-refractivity contribution is 7.80. The van der Waals surface area contributed by atoms with Crippen molar-refractivity contribution in [3.05, 3.63) is 71.8 Å². The second-order valence-electron chi connectivity index (χ2n) is 7.11. The molecular weight excluding hydrogens is 352 g/mol. The Morgan fingerprint density at radius 3 is 2.33 bits per heavy atom. The molecule has 0 aliphatic rings. The van der Waals surface area contributed by atoms with E-state index in [-0.39, 0.29) is 0 Å². The van der Waals surface area contributed by atoms with Crippen molar-refractivity contribution in [1.29, 1.82) is 0 Å². The Bertz CT molecular complexity index is 935. The summed E-state index contributed by atoms with van der Waals surface area (Å²) in [6.45, 7) is 5.14. The van der Waals surface area contributed by atoms with Gasteiger partial charge in [0, 0.05) is 19.3 Å². The predicted molar refractivity (Wildman–Crippen MR) is 119 cm³/mol. The molecule has 0 unspecified atom stereocenters. The molecule has 4 heteroatoms. The molecule has 0 radical (unpaired) electrons. The quantitative estimate of drug-likeness (QED) is 0.567. The van der Waals surface area contributed by atoms with Gasteiger partial charge in [-0.1, -0.05) is 44.2 Å². The number of fused-ring (bicyclic) bond motifs is 1. The number of benzene rings is 3. The van der Waals surface area contributed by atoms with Crippen molar-refractivity contribution in [3.63, 3.8) is 0 Å². The minimum atomic E-state index is 0.529. The molecule has 27 heavy (non-hydrogen) atoms. The first-order valence-electron chi connectivity index (χ1n) is 9.15. The van der Waals surface area contributed by atoms with Crippen LogP contribution in [0.3, 0.4) is 0 Å². The maximum atomic E-state index is 5.57. The van der Waals surface area contributed by atoms with E-state index in [1.165, 1.54) is 21.9 Å².